The molecule has 1 atom stereocenters. The average molecular weight is 309 g/mol. The van der Waals surface area contributed by atoms with E-state index in [1.54, 1.807) is 13.0 Å². The van der Waals surface area contributed by atoms with Gasteiger partial charge >= 0.3 is 0 Å². The highest BCUT2D eigenvalue weighted by molar-refractivity contribution is 6.30. The fourth-order valence-electron chi connectivity index (χ4n) is 1.92. The first-order valence-corrected chi connectivity index (χ1v) is 6.65. The third kappa shape index (κ3) is 3.70. The topological polar surface area (TPSA) is 51.2 Å². The van der Waals surface area contributed by atoms with Crippen LogP contribution in [0.15, 0.2) is 36.5 Å². The molecule has 110 valence electrons. The molecule has 0 aliphatic rings. The van der Waals surface area contributed by atoms with Crippen molar-refractivity contribution < 1.29 is 13.9 Å². The van der Waals surface area contributed by atoms with Crippen LogP contribution < -0.4 is 10.1 Å². The first kappa shape index (κ1) is 15.3. The van der Waals surface area contributed by atoms with E-state index in [1.165, 1.54) is 37.6 Å². The lowest BCUT2D eigenvalue weighted by Crippen LogP contribution is -2.27. The molecule has 1 amide bonds. The van der Waals surface area contributed by atoms with Gasteiger partial charge in [-0.3, -0.25) is 9.78 Å². The molecule has 1 N–H and O–H groups in total. The number of hydrogen-bond donors (Lipinski definition) is 1. The van der Waals surface area contributed by atoms with Crippen LogP contribution in [-0.2, 0) is 0 Å². The second-order valence-electron chi connectivity index (χ2n) is 4.44. The SMILES string of the molecule is COc1ccc(F)cc1C(C)NC(=O)c1cc(Cl)ccn1. The van der Waals surface area contributed by atoms with Gasteiger partial charge in [0.2, 0.25) is 0 Å². The minimum Gasteiger partial charge on any atom is -0.496 e. The molecule has 2 rings (SSSR count). The Morgan fingerprint density at radius 2 is 2.14 bits per heavy atom. The molecule has 1 aromatic carbocycles. The van der Waals surface area contributed by atoms with Crippen LogP contribution in [0.1, 0.15) is 29.0 Å². The van der Waals surface area contributed by atoms with Crippen LogP contribution in [-0.4, -0.2) is 18.0 Å². The maximum atomic E-state index is 13.4. The maximum Gasteiger partial charge on any atom is 0.270 e. The number of methoxy groups -OCH3 is 1. The Labute approximate surface area is 126 Å². The Bertz CT molecular complexity index is 664. The molecule has 1 heterocycles. The molecule has 6 heteroatoms. The summed E-state index contributed by atoms with van der Waals surface area (Å²) in [6.07, 6.45) is 1.45. The van der Waals surface area contributed by atoms with Crippen molar-refractivity contribution in [3.05, 3.63) is 58.6 Å². The molecule has 1 unspecified atom stereocenters. The Balaban J connectivity index is 2.20. The summed E-state index contributed by atoms with van der Waals surface area (Å²) in [5, 5.41) is 3.16. The van der Waals surface area contributed by atoms with Crippen molar-refractivity contribution in [3.63, 3.8) is 0 Å². The van der Waals surface area contributed by atoms with E-state index in [0.29, 0.717) is 16.3 Å². The number of pyridine rings is 1. The van der Waals surface area contributed by atoms with Crippen LogP contribution in [0.3, 0.4) is 0 Å². The van der Waals surface area contributed by atoms with Crippen molar-refractivity contribution in [2.24, 2.45) is 0 Å². The van der Waals surface area contributed by atoms with E-state index in [-0.39, 0.29) is 5.69 Å². The highest BCUT2D eigenvalue weighted by atomic mass is 35.5. The zero-order valence-electron chi connectivity index (χ0n) is 11.6. The van der Waals surface area contributed by atoms with E-state index in [9.17, 15) is 9.18 Å². The van der Waals surface area contributed by atoms with Crippen LogP contribution in [0.5, 0.6) is 5.75 Å². The predicted octanol–water partition coefficient (Wildman–Crippen LogP) is 3.37. The predicted molar refractivity (Wildman–Crippen MR) is 78.1 cm³/mol. The largest absolute Gasteiger partial charge is 0.496 e. The molecule has 0 fully saturated rings. The monoisotopic (exact) mass is 308 g/mol. The Kier molecular flexibility index (Phi) is 4.75. The minimum absolute atomic E-state index is 0.199. The summed E-state index contributed by atoms with van der Waals surface area (Å²) in [4.78, 5) is 16.0. The molecule has 0 bridgehead atoms. The third-order valence-electron chi connectivity index (χ3n) is 2.96. The van der Waals surface area contributed by atoms with Gasteiger partial charge in [-0.05, 0) is 37.3 Å². The van der Waals surface area contributed by atoms with Gasteiger partial charge < -0.3 is 10.1 Å². The number of amides is 1. The lowest BCUT2D eigenvalue weighted by atomic mass is 10.1. The van der Waals surface area contributed by atoms with Crippen molar-refractivity contribution in [1.29, 1.82) is 0 Å². The van der Waals surface area contributed by atoms with Gasteiger partial charge in [-0.2, -0.15) is 0 Å². The Morgan fingerprint density at radius 1 is 1.38 bits per heavy atom. The minimum atomic E-state index is -0.441. The fraction of sp³-hybridized carbons (Fsp3) is 0.200. The zero-order chi connectivity index (χ0) is 15.4. The molecular weight excluding hydrogens is 295 g/mol. The quantitative estimate of drug-likeness (QED) is 0.942. The number of ether oxygens (including phenoxy) is 1. The second-order valence-corrected chi connectivity index (χ2v) is 4.88. The van der Waals surface area contributed by atoms with Crippen molar-refractivity contribution in [3.8, 4) is 5.75 Å². The molecule has 0 spiro atoms. The van der Waals surface area contributed by atoms with Crippen molar-refractivity contribution in [2.45, 2.75) is 13.0 Å². The van der Waals surface area contributed by atoms with E-state index in [1.807, 2.05) is 0 Å². The van der Waals surface area contributed by atoms with Gasteiger partial charge in [0, 0.05) is 16.8 Å². The first-order valence-electron chi connectivity index (χ1n) is 6.27. The summed E-state index contributed by atoms with van der Waals surface area (Å²) in [7, 11) is 1.49. The van der Waals surface area contributed by atoms with Gasteiger partial charge in [0.25, 0.3) is 5.91 Å². The van der Waals surface area contributed by atoms with E-state index < -0.39 is 17.8 Å². The van der Waals surface area contributed by atoms with Crippen LogP contribution >= 0.6 is 11.6 Å². The number of aromatic nitrogens is 1. The standard InChI is InChI=1S/C15H14ClFN2O2/c1-9(12-8-11(17)3-4-14(12)21-2)19-15(20)13-7-10(16)5-6-18-13/h3-9H,1-2H3,(H,19,20). The first-order chi connectivity index (χ1) is 10.0. The Morgan fingerprint density at radius 3 is 2.81 bits per heavy atom. The van der Waals surface area contributed by atoms with Crippen molar-refractivity contribution >= 4 is 17.5 Å². The van der Waals surface area contributed by atoms with Crippen LogP contribution in [0.4, 0.5) is 4.39 Å². The number of rotatable bonds is 4. The molecule has 0 aliphatic heterocycles. The summed E-state index contributed by atoms with van der Waals surface area (Å²) in [5.74, 6) is -0.285. The summed E-state index contributed by atoms with van der Waals surface area (Å²) >= 11 is 5.82. The molecule has 4 nitrogen and oxygen atoms in total. The van der Waals surface area contributed by atoms with Gasteiger partial charge in [0.05, 0.1) is 13.2 Å². The van der Waals surface area contributed by atoms with Crippen LogP contribution in [0, 0.1) is 5.82 Å². The second kappa shape index (κ2) is 6.54. The number of carbonyl (C=O) groups excluding carboxylic acids is 1. The van der Waals surface area contributed by atoms with Gasteiger partial charge in [0.1, 0.15) is 17.3 Å². The summed E-state index contributed by atoms with van der Waals surface area (Å²) < 4.78 is 18.5. The van der Waals surface area contributed by atoms with E-state index >= 15 is 0 Å². The van der Waals surface area contributed by atoms with Gasteiger partial charge in [0.15, 0.2) is 0 Å². The highest BCUT2D eigenvalue weighted by Gasteiger charge is 2.16. The van der Waals surface area contributed by atoms with Crippen LogP contribution in [0.25, 0.3) is 0 Å². The van der Waals surface area contributed by atoms with E-state index in [0.717, 1.165) is 0 Å². The van der Waals surface area contributed by atoms with Gasteiger partial charge in [-0.15, -0.1) is 0 Å². The number of halogens is 2. The normalized spacial score (nSPS) is 11.8. The molecule has 0 radical (unpaired) electrons. The summed E-state index contributed by atoms with van der Waals surface area (Å²) in [5.41, 5.74) is 0.748. The lowest BCUT2D eigenvalue weighted by Gasteiger charge is -2.17. The van der Waals surface area contributed by atoms with Crippen molar-refractivity contribution in [2.75, 3.05) is 7.11 Å². The lowest BCUT2D eigenvalue weighted by molar-refractivity contribution is 0.0934. The molecule has 0 aliphatic carbocycles. The summed E-state index contributed by atoms with van der Waals surface area (Å²) in [6, 6.07) is 6.75. The number of benzene rings is 1. The van der Waals surface area contributed by atoms with Crippen molar-refractivity contribution in [1.82, 2.24) is 10.3 Å². The number of carbonyl (C=O) groups is 1. The molecule has 0 saturated heterocycles. The third-order valence-corrected chi connectivity index (χ3v) is 3.20. The molecule has 0 saturated carbocycles. The van der Waals surface area contributed by atoms with Crippen LogP contribution in [0.2, 0.25) is 5.02 Å². The maximum absolute atomic E-state index is 13.4. The molecule has 21 heavy (non-hydrogen) atoms. The van der Waals surface area contributed by atoms with E-state index in [2.05, 4.69) is 10.3 Å². The summed E-state index contributed by atoms with van der Waals surface area (Å²) in [6.45, 7) is 1.74. The number of nitrogens with zero attached hydrogens (tertiary/aromatic N) is 1. The fourth-order valence-corrected chi connectivity index (χ4v) is 2.08. The number of hydrogen-bond acceptors (Lipinski definition) is 3. The highest BCUT2D eigenvalue weighted by Crippen LogP contribution is 2.26. The molecular formula is C15H14ClFN2O2. The average Bonchev–Trinajstić information content (AvgIpc) is 2.47. The molecule has 1 aromatic heterocycles. The zero-order valence-corrected chi connectivity index (χ0v) is 12.3. The molecule has 2 aromatic rings. The Hall–Kier alpha value is -2.14. The van der Waals surface area contributed by atoms with Gasteiger partial charge in [-0.25, -0.2) is 4.39 Å². The van der Waals surface area contributed by atoms with Gasteiger partial charge in [-0.1, -0.05) is 11.6 Å². The van der Waals surface area contributed by atoms with E-state index in [4.69, 9.17) is 16.3 Å². The smallest absolute Gasteiger partial charge is 0.270 e. The number of nitrogens with one attached hydrogen (secondary N) is 1.